The molecular weight excluding hydrogens is 411 g/mol. The van der Waals surface area contributed by atoms with Crippen LogP contribution in [0.4, 0.5) is 18.9 Å². The third-order valence-electron chi connectivity index (χ3n) is 3.84. The Balaban J connectivity index is 2.08. The van der Waals surface area contributed by atoms with Gasteiger partial charge in [0.05, 0.1) is 11.4 Å². The number of alkyl halides is 3. The summed E-state index contributed by atoms with van der Waals surface area (Å²) in [5.41, 5.74) is 5.12. The van der Waals surface area contributed by atoms with Crippen molar-refractivity contribution in [2.24, 2.45) is 10.9 Å². The molecule has 0 unspecified atom stereocenters. The van der Waals surface area contributed by atoms with Crippen LogP contribution in [0.3, 0.4) is 0 Å². The average Bonchev–Trinajstić information content (AvgIpc) is 3.07. The predicted molar refractivity (Wildman–Crippen MR) is 99.2 cm³/mol. The molecule has 2 aromatic carbocycles. The number of amides is 1. The molecule has 0 aliphatic heterocycles. The summed E-state index contributed by atoms with van der Waals surface area (Å²) in [6, 6.07) is 12.0. The number of primary amides is 1. The molecule has 0 fully saturated rings. The number of nitrogens with one attached hydrogen (secondary N) is 1. The smallest absolute Gasteiger partial charge is 0.366 e. The molecule has 0 spiro atoms. The van der Waals surface area contributed by atoms with Crippen LogP contribution in [0.15, 0.2) is 54.6 Å². The van der Waals surface area contributed by atoms with E-state index in [9.17, 15) is 26.4 Å². The summed E-state index contributed by atoms with van der Waals surface area (Å²) in [4.78, 5) is 11.2. The molecule has 0 aliphatic carbocycles. The quantitative estimate of drug-likeness (QED) is 0.578. The van der Waals surface area contributed by atoms with Crippen molar-refractivity contribution >= 4 is 21.8 Å². The molecule has 0 aliphatic rings. The zero-order chi connectivity index (χ0) is 21.4. The van der Waals surface area contributed by atoms with E-state index in [4.69, 9.17) is 10.9 Å². The van der Waals surface area contributed by atoms with E-state index in [1.165, 1.54) is 48.5 Å². The highest BCUT2D eigenvalue weighted by Crippen LogP contribution is 2.33. The number of aromatic nitrogens is 2. The fourth-order valence-electron chi connectivity index (χ4n) is 2.56. The first-order valence-electron chi connectivity index (χ1n) is 7.92. The van der Waals surface area contributed by atoms with Gasteiger partial charge in [0.1, 0.15) is 0 Å². The summed E-state index contributed by atoms with van der Waals surface area (Å²) in [5.74, 6) is -0.668. The summed E-state index contributed by atoms with van der Waals surface area (Å²) in [7, 11) is -3.99. The zero-order valence-corrected chi connectivity index (χ0v) is 15.3. The van der Waals surface area contributed by atoms with Gasteiger partial charge in [-0.25, -0.2) is 9.82 Å². The van der Waals surface area contributed by atoms with Crippen LogP contribution in [0.1, 0.15) is 16.1 Å². The highest BCUT2D eigenvalue weighted by Gasteiger charge is 2.35. The number of nitrogens with zero attached hydrogens (tertiary/aromatic N) is 2. The topological polar surface area (TPSA) is 133 Å². The van der Waals surface area contributed by atoms with Gasteiger partial charge in [-0.2, -0.15) is 26.7 Å². The van der Waals surface area contributed by atoms with Gasteiger partial charge in [0, 0.05) is 16.8 Å². The van der Waals surface area contributed by atoms with E-state index < -0.39 is 28.0 Å². The summed E-state index contributed by atoms with van der Waals surface area (Å²) in [6.45, 7) is 0. The number of hydrogen-bond donors (Lipinski definition) is 3. The molecule has 0 bridgehead atoms. The minimum atomic E-state index is -4.68. The molecule has 3 aromatic rings. The lowest BCUT2D eigenvalue weighted by Gasteiger charge is -2.09. The maximum absolute atomic E-state index is 13.2. The first kappa shape index (κ1) is 20.4. The van der Waals surface area contributed by atoms with Gasteiger partial charge >= 0.3 is 6.18 Å². The Labute approximate surface area is 163 Å². The lowest BCUT2D eigenvalue weighted by molar-refractivity contribution is -0.141. The molecule has 152 valence electrons. The molecule has 29 heavy (non-hydrogen) atoms. The Morgan fingerprint density at radius 1 is 1.03 bits per heavy atom. The number of rotatable bonds is 5. The van der Waals surface area contributed by atoms with Gasteiger partial charge in [-0.15, -0.1) is 0 Å². The van der Waals surface area contributed by atoms with Gasteiger partial charge < -0.3 is 5.73 Å². The van der Waals surface area contributed by atoms with Crippen LogP contribution in [0, 0.1) is 0 Å². The highest BCUT2D eigenvalue weighted by molar-refractivity contribution is 7.90. The van der Waals surface area contributed by atoms with Crippen LogP contribution in [-0.2, 0) is 16.4 Å². The number of carbonyl (C=O) groups is 1. The van der Waals surface area contributed by atoms with Gasteiger partial charge in [-0.3, -0.25) is 9.52 Å². The summed E-state index contributed by atoms with van der Waals surface area (Å²) < 4.78 is 64.9. The van der Waals surface area contributed by atoms with Gasteiger partial charge in [-0.05, 0) is 42.5 Å². The fraction of sp³-hybridized carbons (Fsp3) is 0.0588. The van der Waals surface area contributed by atoms with Crippen molar-refractivity contribution in [3.63, 3.8) is 0 Å². The van der Waals surface area contributed by atoms with E-state index in [1.807, 2.05) is 4.72 Å². The number of anilines is 1. The van der Waals surface area contributed by atoms with Crippen LogP contribution < -0.4 is 15.6 Å². The largest absolute Gasteiger partial charge is 0.435 e. The minimum absolute atomic E-state index is 0.112. The summed E-state index contributed by atoms with van der Waals surface area (Å²) in [6.07, 6.45) is -4.68. The number of nitrogens with two attached hydrogens (primary N) is 2. The monoisotopic (exact) mass is 425 g/mol. The van der Waals surface area contributed by atoms with E-state index in [0.29, 0.717) is 5.56 Å². The van der Waals surface area contributed by atoms with Crippen molar-refractivity contribution in [3.8, 4) is 16.9 Å². The molecule has 1 heterocycles. The highest BCUT2D eigenvalue weighted by atomic mass is 32.2. The second kappa shape index (κ2) is 7.22. The van der Waals surface area contributed by atoms with E-state index in [-0.39, 0.29) is 22.6 Å². The van der Waals surface area contributed by atoms with Crippen molar-refractivity contribution in [2.45, 2.75) is 6.18 Å². The number of hydrogen-bond acceptors (Lipinski definition) is 4. The second-order valence-electron chi connectivity index (χ2n) is 5.96. The van der Waals surface area contributed by atoms with Gasteiger partial charge in [0.2, 0.25) is 5.91 Å². The van der Waals surface area contributed by atoms with Gasteiger partial charge in [0.25, 0.3) is 10.2 Å². The molecule has 0 atom stereocenters. The Kier molecular flexibility index (Phi) is 5.07. The molecular formula is C17H14F3N5O3S. The lowest BCUT2D eigenvalue weighted by atomic mass is 10.1. The van der Waals surface area contributed by atoms with Gasteiger partial charge in [0.15, 0.2) is 5.69 Å². The SMILES string of the molecule is NC(=O)c1ccc(-c2cc(C(F)(F)F)nn2-c2ccc(NS(N)(=O)=O)cc2)cc1. The van der Waals surface area contributed by atoms with Crippen molar-refractivity contribution < 1.29 is 26.4 Å². The van der Waals surface area contributed by atoms with E-state index in [1.54, 1.807) is 0 Å². The molecule has 0 radical (unpaired) electrons. The second-order valence-corrected chi connectivity index (χ2v) is 7.25. The third-order valence-corrected chi connectivity index (χ3v) is 4.36. The van der Waals surface area contributed by atoms with Crippen molar-refractivity contribution in [1.82, 2.24) is 9.78 Å². The Morgan fingerprint density at radius 3 is 2.10 bits per heavy atom. The molecule has 1 aromatic heterocycles. The number of carbonyl (C=O) groups excluding carboxylic acids is 1. The van der Waals surface area contributed by atoms with Crippen LogP contribution in [0.5, 0.6) is 0 Å². The molecule has 12 heteroatoms. The Bertz CT molecular complexity index is 1150. The molecule has 0 saturated heterocycles. The normalized spacial score (nSPS) is 12.0. The van der Waals surface area contributed by atoms with Crippen LogP contribution in [0.25, 0.3) is 16.9 Å². The Hall–Kier alpha value is -3.38. The van der Waals surface area contributed by atoms with Crippen molar-refractivity contribution in [1.29, 1.82) is 0 Å². The van der Waals surface area contributed by atoms with Crippen LogP contribution >= 0.6 is 0 Å². The number of benzene rings is 2. The van der Waals surface area contributed by atoms with Crippen LogP contribution in [-0.4, -0.2) is 24.1 Å². The maximum Gasteiger partial charge on any atom is 0.435 e. The van der Waals surface area contributed by atoms with E-state index in [0.717, 1.165) is 10.7 Å². The summed E-state index contributed by atoms with van der Waals surface area (Å²) >= 11 is 0. The lowest BCUT2D eigenvalue weighted by Crippen LogP contribution is -2.21. The van der Waals surface area contributed by atoms with Crippen molar-refractivity contribution in [2.75, 3.05) is 4.72 Å². The summed E-state index contributed by atoms with van der Waals surface area (Å²) in [5, 5.41) is 8.51. The van der Waals surface area contributed by atoms with E-state index in [2.05, 4.69) is 5.10 Å². The molecule has 1 amide bonds. The third kappa shape index (κ3) is 4.73. The minimum Gasteiger partial charge on any atom is -0.366 e. The molecule has 5 N–H and O–H groups in total. The molecule has 8 nitrogen and oxygen atoms in total. The number of halogens is 3. The average molecular weight is 425 g/mol. The first-order chi connectivity index (χ1) is 13.4. The Morgan fingerprint density at radius 2 is 1.62 bits per heavy atom. The first-order valence-corrected chi connectivity index (χ1v) is 9.47. The standard InChI is InChI=1S/C17H14F3N5O3S/c18-17(19,20)15-9-14(10-1-3-11(4-2-10)16(21)26)25(23-15)13-7-5-12(6-8-13)24-29(22,27)28/h1-9,24H,(H2,21,26)(H2,22,27,28). The zero-order valence-electron chi connectivity index (χ0n) is 14.5. The maximum atomic E-state index is 13.2. The molecule has 0 saturated carbocycles. The van der Waals surface area contributed by atoms with Crippen LogP contribution in [0.2, 0.25) is 0 Å². The van der Waals surface area contributed by atoms with Gasteiger partial charge in [-0.1, -0.05) is 12.1 Å². The van der Waals surface area contributed by atoms with Crippen molar-refractivity contribution in [3.05, 3.63) is 65.9 Å². The fourth-order valence-corrected chi connectivity index (χ4v) is 3.03. The van der Waals surface area contributed by atoms with E-state index >= 15 is 0 Å². The molecule has 3 rings (SSSR count). The predicted octanol–water partition coefficient (Wildman–Crippen LogP) is 2.27.